The van der Waals surface area contributed by atoms with Gasteiger partial charge in [-0.3, -0.25) is 4.79 Å². The fourth-order valence-electron chi connectivity index (χ4n) is 1.90. The van der Waals surface area contributed by atoms with E-state index >= 15 is 0 Å². The molecule has 12 heavy (non-hydrogen) atoms. The molecule has 3 N–H and O–H groups in total. The van der Waals surface area contributed by atoms with Crippen LogP contribution in [0.2, 0.25) is 0 Å². The van der Waals surface area contributed by atoms with Crippen LogP contribution < -0.4 is 5.73 Å². The van der Waals surface area contributed by atoms with Crippen molar-refractivity contribution >= 4 is 5.97 Å². The summed E-state index contributed by atoms with van der Waals surface area (Å²) in [5.74, 6) is -0.342. The van der Waals surface area contributed by atoms with Gasteiger partial charge in [0.15, 0.2) is 0 Å². The maximum Gasteiger partial charge on any atom is 0.323 e. The van der Waals surface area contributed by atoms with Crippen molar-refractivity contribution in [3.63, 3.8) is 0 Å². The first-order valence-corrected chi connectivity index (χ1v) is 4.54. The second kappa shape index (κ2) is 3.44. The Kier molecular flexibility index (Phi) is 2.73. The molecule has 0 aromatic carbocycles. The van der Waals surface area contributed by atoms with E-state index in [4.69, 9.17) is 10.8 Å². The van der Waals surface area contributed by atoms with Crippen LogP contribution in [0.4, 0.5) is 0 Å². The third kappa shape index (κ3) is 2.21. The van der Waals surface area contributed by atoms with Crippen LogP contribution in [0.25, 0.3) is 0 Å². The van der Waals surface area contributed by atoms with E-state index in [1.807, 2.05) is 0 Å². The van der Waals surface area contributed by atoms with Gasteiger partial charge in [0.05, 0.1) is 0 Å². The highest BCUT2D eigenvalue weighted by atomic mass is 16.4. The molecule has 1 rings (SSSR count). The summed E-state index contributed by atoms with van der Waals surface area (Å²) in [5, 5.41) is 8.78. The van der Waals surface area contributed by atoms with Gasteiger partial charge in [0.1, 0.15) is 5.54 Å². The summed E-state index contributed by atoms with van der Waals surface area (Å²) < 4.78 is 0. The molecule has 0 aromatic rings. The van der Waals surface area contributed by atoms with Gasteiger partial charge in [0.2, 0.25) is 0 Å². The highest BCUT2D eigenvalue weighted by Crippen LogP contribution is 2.30. The molecule has 3 nitrogen and oxygen atoms in total. The lowest BCUT2D eigenvalue weighted by Crippen LogP contribution is -2.46. The molecule has 0 radical (unpaired) electrons. The Morgan fingerprint density at radius 2 is 2.08 bits per heavy atom. The summed E-state index contributed by atoms with van der Waals surface area (Å²) in [6, 6.07) is 0. The minimum atomic E-state index is -1.02. The second-order valence-corrected chi connectivity index (χ2v) is 4.08. The fourth-order valence-corrected chi connectivity index (χ4v) is 1.90. The normalized spacial score (nSPS) is 23.8. The van der Waals surface area contributed by atoms with Crippen LogP contribution in [0.5, 0.6) is 0 Å². The van der Waals surface area contributed by atoms with E-state index in [-0.39, 0.29) is 0 Å². The van der Waals surface area contributed by atoms with Crippen LogP contribution in [-0.4, -0.2) is 16.6 Å². The minimum Gasteiger partial charge on any atom is -0.480 e. The summed E-state index contributed by atoms with van der Waals surface area (Å²) >= 11 is 0. The molecule has 1 aliphatic carbocycles. The third-order valence-electron chi connectivity index (χ3n) is 2.68. The molecule has 1 aliphatic rings. The number of carbonyl (C=O) groups is 1. The summed E-state index contributed by atoms with van der Waals surface area (Å²) in [5.41, 5.74) is 4.62. The van der Waals surface area contributed by atoms with Crippen molar-refractivity contribution < 1.29 is 9.90 Å². The van der Waals surface area contributed by atoms with Crippen LogP contribution in [-0.2, 0) is 4.79 Å². The molecule has 0 aliphatic heterocycles. The van der Waals surface area contributed by atoms with Crippen molar-refractivity contribution in [2.45, 2.75) is 44.6 Å². The van der Waals surface area contributed by atoms with Gasteiger partial charge in [0, 0.05) is 0 Å². The lowest BCUT2D eigenvalue weighted by atomic mass is 9.89. The van der Waals surface area contributed by atoms with Crippen molar-refractivity contribution in [3.05, 3.63) is 0 Å². The SMILES string of the molecule is C[C@@](N)(CC1CCCC1)C(=O)O. The minimum absolute atomic E-state index is 0.538. The third-order valence-corrected chi connectivity index (χ3v) is 2.68. The lowest BCUT2D eigenvalue weighted by molar-refractivity contribution is -0.143. The monoisotopic (exact) mass is 171 g/mol. The molecule has 0 aromatic heterocycles. The standard InChI is InChI=1S/C9H17NO2/c1-9(10,8(11)12)6-7-4-2-3-5-7/h7H,2-6,10H2,1H3,(H,11,12)/t9-/m1/s1. The van der Waals surface area contributed by atoms with Crippen LogP contribution in [0.3, 0.4) is 0 Å². The first-order valence-electron chi connectivity index (χ1n) is 4.54. The van der Waals surface area contributed by atoms with Gasteiger partial charge in [-0.2, -0.15) is 0 Å². The zero-order chi connectivity index (χ0) is 9.19. The average Bonchev–Trinajstić information content (AvgIpc) is 2.38. The molecule has 1 atom stereocenters. The maximum absolute atomic E-state index is 10.7. The molecule has 0 heterocycles. The molecular formula is C9H17NO2. The lowest BCUT2D eigenvalue weighted by Gasteiger charge is -2.22. The molecule has 0 bridgehead atoms. The van der Waals surface area contributed by atoms with Gasteiger partial charge >= 0.3 is 5.97 Å². The summed E-state index contributed by atoms with van der Waals surface area (Å²) in [7, 11) is 0. The molecular weight excluding hydrogens is 154 g/mol. The highest BCUT2D eigenvalue weighted by Gasteiger charge is 2.32. The Morgan fingerprint density at radius 3 is 2.50 bits per heavy atom. The molecule has 70 valence electrons. The van der Waals surface area contributed by atoms with Gasteiger partial charge in [-0.15, -0.1) is 0 Å². The average molecular weight is 171 g/mol. The Balaban J connectivity index is 2.42. The van der Waals surface area contributed by atoms with Gasteiger partial charge in [0.25, 0.3) is 0 Å². The van der Waals surface area contributed by atoms with Crippen molar-refractivity contribution in [1.29, 1.82) is 0 Å². The quantitative estimate of drug-likeness (QED) is 0.674. The number of hydrogen-bond donors (Lipinski definition) is 2. The predicted octanol–water partition coefficient (Wildman–Crippen LogP) is 1.37. The van der Waals surface area contributed by atoms with Crippen LogP contribution in [0, 0.1) is 5.92 Å². The van der Waals surface area contributed by atoms with Gasteiger partial charge in [-0.1, -0.05) is 25.7 Å². The van der Waals surface area contributed by atoms with E-state index in [2.05, 4.69) is 0 Å². The Bertz CT molecular complexity index is 171. The smallest absolute Gasteiger partial charge is 0.323 e. The Labute approximate surface area is 72.9 Å². The zero-order valence-corrected chi connectivity index (χ0v) is 7.55. The first-order chi connectivity index (χ1) is 5.52. The second-order valence-electron chi connectivity index (χ2n) is 4.08. The maximum atomic E-state index is 10.7. The van der Waals surface area contributed by atoms with E-state index in [0.29, 0.717) is 12.3 Å². The molecule has 0 amide bonds. The van der Waals surface area contributed by atoms with Crippen molar-refractivity contribution in [2.24, 2.45) is 11.7 Å². The number of carboxylic acid groups (broad SMARTS) is 1. The van der Waals surface area contributed by atoms with E-state index < -0.39 is 11.5 Å². The van der Waals surface area contributed by atoms with Crippen LogP contribution in [0.1, 0.15) is 39.0 Å². The van der Waals surface area contributed by atoms with Gasteiger partial charge < -0.3 is 10.8 Å². The number of aliphatic carboxylic acids is 1. The number of carboxylic acids is 1. The molecule has 0 unspecified atom stereocenters. The largest absolute Gasteiger partial charge is 0.480 e. The van der Waals surface area contributed by atoms with E-state index in [9.17, 15) is 4.79 Å². The predicted molar refractivity (Wildman–Crippen MR) is 46.8 cm³/mol. The van der Waals surface area contributed by atoms with Crippen molar-refractivity contribution in [2.75, 3.05) is 0 Å². The fraction of sp³-hybridized carbons (Fsp3) is 0.889. The topological polar surface area (TPSA) is 63.3 Å². The molecule has 1 fully saturated rings. The molecule has 3 heteroatoms. The van der Waals surface area contributed by atoms with E-state index in [1.165, 1.54) is 12.8 Å². The molecule has 0 spiro atoms. The number of nitrogens with two attached hydrogens (primary N) is 1. The highest BCUT2D eigenvalue weighted by molar-refractivity contribution is 5.77. The number of hydrogen-bond acceptors (Lipinski definition) is 2. The number of rotatable bonds is 3. The summed E-state index contributed by atoms with van der Waals surface area (Å²) in [6.45, 7) is 1.60. The summed E-state index contributed by atoms with van der Waals surface area (Å²) in [4.78, 5) is 10.7. The zero-order valence-electron chi connectivity index (χ0n) is 7.55. The van der Waals surface area contributed by atoms with Crippen LogP contribution >= 0.6 is 0 Å². The van der Waals surface area contributed by atoms with Crippen LogP contribution in [0.15, 0.2) is 0 Å². The Morgan fingerprint density at radius 1 is 1.58 bits per heavy atom. The van der Waals surface area contributed by atoms with Gasteiger partial charge in [-0.05, 0) is 19.3 Å². The first kappa shape index (κ1) is 9.52. The van der Waals surface area contributed by atoms with E-state index in [1.54, 1.807) is 6.92 Å². The Hall–Kier alpha value is -0.570. The molecule has 1 saturated carbocycles. The van der Waals surface area contributed by atoms with Gasteiger partial charge in [-0.25, -0.2) is 0 Å². The van der Waals surface area contributed by atoms with Crippen molar-refractivity contribution in [3.8, 4) is 0 Å². The molecule has 0 saturated heterocycles. The van der Waals surface area contributed by atoms with E-state index in [0.717, 1.165) is 12.8 Å². The summed E-state index contributed by atoms with van der Waals surface area (Å²) in [6.07, 6.45) is 5.41. The van der Waals surface area contributed by atoms with Crippen molar-refractivity contribution in [1.82, 2.24) is 0 Å².